The molecule has 0 aliphatic carbocycles. The molecule has 1 fully saturated rings. The molecular weight excluding hydrogens is 394 g/mol. The van der Waals surface area contributed by atoms with Crippen molar-refractivity contribution in [2.45, 2.75) is 24.1 Å². The average Bonchev–Trinajstić information content (AvgIpc) is 3.30. The Balaban J connectivity index is 1.66. The summed E-state index contributed by atoms with van der Waals surface area (Å²) in [5.74, 6) is -0.249. The first-order chi connectivity index (χ1) is 12.7. The molecule has 0 spiro atoms. The molecule has 3 heterocycles. The van der Waals surface area contributed by atoms with Crippen molar-refractivity contribution in [3.63, 3.8) is 0 Å². The predicted octanol–water partition coefficient (Wildman–Crippen LogP) is 1.26. The number of piperazine rings is 1. The van der Waals surface area contributed by atoms with Crippen LogP contribution in [0, 0.1) is 17.0 Å². The molecule has 1 aliphatic heterocycles. The third-order valence-electron chi connectivity index (χ3n) is 4.48. The highest BCUT2D eigenvalue weighted by Gasteiger charge is 2.33. The molecule has 3 rings (SSSR count). The number of nitro groups is 1. The van der Waals surface area contributed by atoms with Gasteiger partial charge in [0.05, 0.1) is 4.92 Å². The van der Waals surface area contributed by atoms with Crippen LogP contribution in [0.5, 0.6) is 0 Å². The van der Waals surface area contributed by atoms with E-state index in [1.807, 2.05) is 0 Å². The Labute approximate surface area is 160 Å². The summed E-state index contributed by atoms with van der Waals surface area (Å²) < 4.78 is 28.0. The van der Waals surface area contributed by atoms with Crippen molar-refractivity contribution in [2.24, 2.45) is 0 Å². The SMILES string of the molecule is Cc1nn(C(C)C(=O)N2CCN(S(=O)(=O)c3cccs3)CC2)cc1[N+](=O)[O-]. The van der Waals surface area contributed by atoms with Crippen molar-refractivity contribution in [3.05, 3.63) is 39.5 Å². The number of carbonyl (C=O) groups excluding carboxylic acids is 1. The van der Waals surface area contributed by atoms with Crippen LogP contribution in [0.15, 0.2) is 27.9 Å². The van der Waals surface area contributed by atoms with Gasteiger partial charge in [0.15, 0.2) is 0 Å². The molecule has 1 atom stereocenters. The Morgan fingerprint density at radius 1 is 1.33 bits per heavy atom. The lowest BCUT2D eigenvalue weighted by molar-refractivity contribution is -0.385. The van der Waals surface area contributed by atoms with Gasteiger partial charge in [0.2, 0.25) is 5.91 Å². The molecule has 0 aromatic carbocycles. The number of carbonyl (C=O) groups is 1. The topological polar surface area (TPSA) is 119 Å². The number of amides is 1. The molecular formula is C15H19N5O5S2. The van der Waals surface area contributed by atoms with Gasteiger partial charge in [0, 0.05) is 26.2 Å². The molecule has 1 saturated heterocycles. The minimum Gasteiger partial charge on any atom is -0.338 e. The number of rotatable bonds is 5. The molecule has 2 aromatic heterocycles. The summed E-state index contributed by atoms with van der Waals surface area (Å²) in [6.07, 6.45) is 1.25. The molecule has 0 saturated carbocycles. The first-order valence-corrected chi connectivity index (χ1v) is 10.6. The summed E-state index contributed by atoms with van der Waals surface area (Å²) >= 11 is 1.16. The van der Waals surface area contributed by atoms with Crippen molar-refractivity contribution >= 4 is 33.0 Å². The lowest BCUT2D eigenvalue weighted by Gasteiger charge is -2.35. The van der Waals surface area contributed by atoms with E-state index in [1.165, 1.54) is 22.1 Å². The molecule has 0 radical (unpaired) electrons. The number of aryl methyl sites for hydroxylation is 1. The zero-order valence-corrected chi connectivity index (χ0v) is 16.4. The quantitative estimate of drug-likeness (QED) is 0.538. The Morgan fingerprint density at radius 2 is 2.00 bits per heavy atom. The second-order valence-corrected chi connectivity index (χ2v) is 9.29. The molecule has 1 aliphatic rings. The van der Waals surface area contributed by atoms with Crippen molar-refractivity contribution < 1.29 is 18.1 Å². The number of hydrogen-bond donors (Lipinski definition) is 0. The fourth-order valence-corrected chi connectivity index (χ4v) is 5.48. The van der Waals surface area contributed by atoms with E-state index in [0.29, 0.717) is 0 Å². The number of aromatic nitrogens is 2. The van der Waals surface area contributed by atoms with Gasteiger partial charge in [0.25, 0.3) is 10.0 Å². The van der Waals surface area contributed by atoms with Gasteiger partial charge in [-0.1, -0.05) is 6.07 Å². The fraction of sp³-hybridized carbons (Fsp3) is 0.467. The van der Waals surface area contributed by atoms with Gasteiger partial charge in [-0.05, 0) is 25.3 Å². The van der Waals surface area contributed by atoms with Crippen molar-refractivity contribution in [2.75, 3.05) is 26.2 Å². The third-order valence-corrected chi connectivity index (χ3v) is 7.75. The Kier molecular flexibility index (Phi) is 5.31. The zero-order valence-electron chi connectivity index (χ0n) is 14.8. The van der Waals surface area contributed by atoms with Crippen LogP contribution < -0.4 is 0 Å². The van der Waals surface area contributed by atoms with Crippen molar-refractivity contribution in [3.8, 4) is 0 Å². The van der Waals surface area contributed by atoms with Gasteiger partial charge < -0.3 is 4.90 Å². The number of sulfonamides is 1. The number of nitrogens with zero attached hydrogens (tertiary/aromatic N) is 5. The van der Waals surface area contributed by atoms with Gasteiger partial charge in [-0.15, -0.1) is 11.3 Å². The van der Waals surface area contributed by atoms with Gasteiger partial charge in [0.1, 0.15) is 22.1 Å². The second kappa shape index (κ2) is 7.37. The van der Waals surface area contributed by atoms with Crippen LogP contribution >= 0.6 is 11.3 Å². The molecule has 1 amide bonds. The van der Waals surface area contributed by atoms with Gasteiger partial charge in [-0.3, -0.25) is 19.6 Å². The first-order valence-electron chi connectivity index (χ1n) is 8.24. The van der Waals surface area contributed by atoms with E-state index in [4.69, 9.17) is 0 Å². The van der Waals surface area contributed by atoms with E-state index in [-0.39, 0.29) is 47.7 Å². The maximum Gasteiger partial charge on any atom is 0.309 e. The standard InChI is InChI=1S/C15H19N5O5S2/c1-11-13(20(22)23)10-19(16-11)12(2)15(21)17-5-7-18(8-6-17)27(24,25)14-4-3-9-26-14/h3-4,9-10,12H,5-8H2,1-2H3. The van der Waals surface area contributed by atoms with E-state index in [1.54, 1.807) is 29.3 Å². The van der Waals surface area contributed by atoms with Crippen molar-refractivity contribution in [1.29, 1.82) is 0 Å². The smallest absolute Gasteiger partial charge is 0.309 e. The van der Waals surface area contributed by atoms with Crippen molar-refractivity contribution in [1.82, 2.24) is 19.0 Å². The van der Waals surface area contributed by atoms with E-state index >= 15 is 0 Å². The second-order valence-electron chi connectivity index (χ2n) is 6.17. The van der Waals surface area contributed by atoms with Gasteiger partial charge >= 0.3 is 5.69 Å². The molecule has 0 N–H and O–H groups in total. The third kappa shape index (κ3) is 3.73. The molecule has 0 bridgehead atoms. The van der Waals surface area contributed by atoms with Crippen LogP contribution in [0.3, 0.4) is 0 Å². The Bertz CT molecular complexity index is 945. The monoisotopic (exact) mass is 413 g/mol. The zero-order chi connectivity index (χ0) is 19.8. The van der Waals surface area contributed by atoms with E-state index in [9.17, 15) is 23.3 Å². The van der Waals surface area contributed by atoms with E-state index in [2.05, 4.69) is 5.10 Å². The van der Waals surface area contributed by atoms with Gasteiger partial charge in [-0.25, -0.2) is 8.42 Å². The highest BCUT2D eigenvalue weighted by molar-refractivity contribution is 7.91. The minimum atomic E-state index is -3.53. The fourth-order valence-electron chi connectivity index (χ4n) is 2.91. The molecule has 1 unspecified atom stereocenters. The molecule has 146 valence electrons. The average molecular weight is 413 g/mol. The summed E-state index contributed by atoms with van der Waals surface area (Å²) in [6.45, 7) is 4.06. The maximum atomic E-state index is 12.7. The van der Waals surface area contributed by atoms with Gasteiger partial charge in [-0.2, -0.15) is 9.40 Å². The van der Waals surface area contributed by atoms with Crippen LogP contribution in [0.25, 0.3) is 0 Å². The summed E-state index contributed by atoms with van der Waals surface area (Å²) in [5.41, 5.74) is 0.105. The Morgan fingerprint density at radius 3 is 2.52 bits per heavy atom. The normalized spacial score (nSPS) is 17.0. The lowest BCUT2D eigenvalue weighted by Crippen LogP contribution is -2.51. The van der Waals surface area contributed by atoms with Crippen LogP contribution in [-0.4, -0.2) is 64.4 Å². The molecule has 10 nitrogen and oxygen atoms in total. The minimum absolute atomic E-state index is 0.137. The van der Waals surface area contributed by atoms with E-state index < -0.39 is 21.0 Å². The first kappa shape index (κ1) is 19.5. The summed E-state index contributed by atoms with van der Waals surface area (Å²) in [6, 6.07) is 2.54. The maximum absolute atomic E-state index is 12.7. The Hall–Kier alpha value is -2.31. The lowest BCUT2D eigenvalue weighted by atomic mass is 10.2. The molecule has 12 heteroatoms. The van der Waals surface area contributed by atoms with Crippen LogP contribution in [0.2, 0.25) is 0 Å². The predicted molar refractivity (Wildman–Crippen MR) is 98.0 cm³/mol. The summed E-state index contributed by atoms with van der Waals surface area (Å²) in [7, 11) is -3.53. The largest absolute Gasteiger partial charge is 0.338 e. The highest BCUT2D eigenvalue weighted by Crippen LogP contribution is 2.23. The number of hydrogen-bond acceptors (Lipinski definition) is 7. The molecule has 2 aromatic rings. The molecule has 27 heavy (non-hydrogen) atoms. The van der Waals surface area contributed by atoms with Crippen LogP contribution in [0.1, 0.15) is 18.7 Å². The van der Waals surface area contributed by atoms with Crippen LogP contribution in [-0.2, 0) is 14.8 Å². The number of thiophene rings is 1. The summed E-state index contributed by atoms with van der Waals surface area (Å²) in [5, 5.41) is 16.7. The summed E-state index contributed by atoms with van der Waals surface area (Å²) in [4.78, 5) is 24.7. The van der Waals surface area contributed by atoms with E-state index in [0.717, 1.165) is 11.3 Å². The van der Waals surface area contributed by atoms with Crippen LogP contribution in [0.4, 0.5) is 5.69 Å². The highest BCUT2D eigenvalue weighted by atomic mass is 32.2.